The largest absolute Gasteiger partial charge is 0.459 e. The van der Waals surface area contributed by atoms with E-state index in [-0.39, 0.29) is 37.6 Å². The quantitative estimate of drug-likeness (QED) is 0.148. The summed E-state index contributed by atoms with van der Waals surface area (Å²) in [4.78, 5) is 34.1. The Balaban J connectivity index is 1.83. The molecule has 1 amide bonds. The molecule has 4 rings (SSSR count). The minimum Gasteiger partial charge on any atom is -0.459 e. The van der Waals surface area contributed by atoms with E-state index in [0.29, 0.717) is 19.4 Å². The summed E-state index contributed by atoms with van der Waals surface area (Å²) in [5.74, 6) is -4.53. The van der Waals surface area contributed by atoms with Gasteiger partial charge in [0.25, 0.3) is 0 Å². The lowest BCUT2D eigenvalue weighted by Crippen LogP contribution is -2.61. The third-order valence-corrected chi connectivity index (χ3v) is 13.1. The molecule has 17 heteroatoms. The number of pyridine rings is 1. The highest BCUT2D eigenvalue weighted by Gasteiger charge is 2.52. The first-order valence-electron chi connectivity index (χ1n) is 21.9. The molecule has 0 aliphatic carbocycles. The first-order chi connectivity index (χ1) is 28.5. The van der Waals surface area contributed by atoms with Gasteiger partial charge in [-0.05, 0) is 93.0 Å². The fraction of sp³-hybridized carbons (Fsp3) is 0.841. The Kier molecular flexibility index (Phi) is 18.5. The molecule has 19 atom stereocenters. The van der Waals surface area contributed by atoms with Gasteiger partial charge in [-0.3, -0.25) is 14.6 Å². The van der Waals surface area contributed by atoms with Crippen LogP contribution in [0.4, 0.5) is 0 Å². The Morgan fingerprint density at radius 1 is 0.984 bits per heavy atom. The van der Waals surface area contributed by atoms with Gasteiger partial charge in [0.15, 0.2) is 12.6 Å². The topological polar surface area (TPSA) is 231 Å². The Hall–Kier alpha value is -2.39. The molecule has 0 radical (unpaired) electrons. The summed E-state index contributed by atoms with van der Waals surface area (Å²) in [6.07, 6.45) is -6.52. The molecule has 3 aliphatic heterocycles. The van der Waals surface area contributed by atoms with Crippen LogP contribution in [0, 0.1) is 23.7 Å². The molecular weight excluding hydrogens is 792 g/mol. The van der Waals surface area contributed by atoms with Gasteiger partial charge < -0.3 is 69.5 Å². The predicted octanol–water partition coefficient (Wildman–Crippen LogP) is 1.50. The highest BCUT2D eigenvalue weighted by Crippen LogP contribution is 2.40. The Labute approximate surface area is 362 Å². The van der Waals surface area contributed by atoms with Crippen LogP contribution in [-0.4, -0.2) is 165 Å². The van der Waals surface area contributed by atoms with Crippen LogP contribution in [0.2, 0.25) is 0 Å². The van der Waals surface area contributed by atoms with E-state index in [1.165, 1.54) is 20.8 Å². The van der Waals surface area contributed by atoms with Gasteiger partial charge in [-0.2, -0.15) is 0 Å². The van der Waals surface area contributed by atoms with Crippen LogP contribution >= 0.6 is 0 Å². The van der Waals surface area contributed by atoms with Crippen molar-refractivity contribution in [1.29, 1.82) is 0 Å². The van der Waals surface area contributed by atoms with Crippen LogP contribution < -0.4 is 10.6 Å². The number of esters is 1. The number of cyclic esters (lactones) is 1. The van der Waals surface area contributed by atoms with Crippen molar-refractivity contribution in [2.24, 2.45) is 23.7 Å². The third-order valence-electron chi connectivity index (χ3n) is 13.1. The number of likely N-dealkylation sites (N-methyl/N-ethyl adjacent to an activating group) is 1. The van der Waals surface area contributed by atoms with Crippen LogP contribution in [-0.2, 0) is 44.6 Å². The smallest absolute Gasteiger partial charge is 0.311 e. The van der Waals surface area contributed by atoms with Crippen molar-refractivity contribution in [3.05, 3.63) is 30.1 Å². The van der Waals surface area contributed by atoms with Gasteiger partial charge in [-0.15, -0.1) is 0 Å². The van der Waals surface area contributed by atoms with Crippen molar-refractivity contribution < 1.29 is 63.5 Å². The fourth-order valence-corrected chi connectivity index (χ4v) is 8.98. The SMILES string of the molecule is C[C@H]1[C@H](OC2C[C@H](C)[C@@H](O)[C@H](C)O2)[C@@H](C)C(=O)O[C@H](C)[C@@](C)(O)[C@H](O)[C@@H](C)C(=O)N[C@H](C)C[C@@](C)(OCC(O)CNCc2cccnc2)[C@@H]1O[C@@H]1O[C@H](C)C[C@H](N(C)C)[C@H]1O. The van der Waals surface area contributed by atoms with Crippen molar-refractivity contribution in [3.8, 4) is 0 Å². The summed E-state index contributed by atoms with van der Waals surface area (Å²) < 4.78 is 38.9. The fourth-order valence-electron chi connectivity index (χ4n) is 8.98. The summed E-state index contributed by atoms with van der Waals surface area (Å²) in [7, 11) is 3.74. The molecule has 2 unspecified atom stereocenters. The molecule has 61 heavy (non-hydrogen) atoms. The Bertz CT molecular complexity index is 1520. The summed E-state index contributed by atoms with van der Waals surface area (Å²) in [6, 6.07) is 2.76. The van der Waals surface area contributed by atoms with Crippen molar-refractivity contribution in [2.75, 3.05) is 27.2 Å². The molecule has 0 bridgehead atoms. The monoisotopic (exact) mass is 869 g/mol. The van der Waals surface area contributed by atoms with Gasteiger partial charge in [0.1, 0.15) is 17.8 Å². The number of aromatic nitrogens is 1. The van der Waals surface area contributed by atoms with Gasteiger partial charge in [-0.1, -0.05) is 26.8 Å². The van der Waals surface area contributed by atoms with Crippen molar-refractivity contribution in [2.45, 2.75) is 186 Å². The zero-order valence-corrected chi connectivity index (χ0v) is 38.3. The number of ether oxygens (including phenoxy) is 6. The maximum Gasteiger partial charge on any atom is 0.311 e. The van der Waals surface area contributed by atoms with E-state index >= 15 is 0 Å². The Morgan fingerprint density at radius 2 is 1.67 bits per heavy atom. The molecule has 0 spiro atoms. The molecule has 7 N–H and O–H groups in total. The lowest BCUT2D eigenvalue weighted by molar-refractivity contribution is -0.314. The molecule has 3 aliphatic rings. The number of nitrogens with zero attached hydrogens (tertiary/aromatic N) is 2. The molecule has 1 aromatic rings. The summed E-state index contributed by atoms with van der Waals surface area (Å²) in [5, 5.41) is 63.0. The van der Waals surface area contributed by atoms with Gasteiger partial charge in [0, 0.05) is 49.9 Å². The maximum absolute atomic E-state index is 14.3. The standard InChI is InChI=1S/C44H76N4O13/c1-23-16-34(58-29(7)35(23)50)60-37-26(4)39(61-42-36(51)33(48(11)12)17-25(3)57-42)43(9,56-22-32(49)21-46-20-31-14-13-15-45-19-31)18-24(2)47-40(53)28(6)38(52)44(10,55)30(8)59-41(54)27(37)5/h13-15,19,23-30,32-39,42,46,49-52,55H,16-18,20-22H2,1-12H3,(H,47,53)/t23-,24+,25+,26-,27+,28+,29-,30+,32?,33-,34?,35+,36+,37-,38+,39+,42-,43+,44+/m0/s1. The average Bonchev–Trinajstić information content (AvgIpc) is 3.19. The number of rotatable bonds is 12. The van der Waals surface area contributed by atoms with Gasteiger partial charge >= 0.3 is 5.97 Å². The molecule has 3 fully saturated rings. The summed E-state index contributed by atoms with van der Waals surface area (Å²) >= 11 is 0. The van der Waals surface area contributed by atoms with Gasteiger partial charge in [-0.25, -0.2) is 0 Å². The number of aliphatic hydroxyl groups is 5. The average molecular weight is 869 g/mol. The van der Waals surface area contributed by atoms with Crippen LogP contribution in [0.1, 0.15) is 94.1 Å². The predicted molar refractivity (Wildman–Crippen MR) is 225 cm³/mol. The number of nitrogens with one attached hydrogen (secondary N) is 2. The van der Waals surface area contributed by atoms with Crippen LogP contribution in [0.3, 0.4) is 0 Å². The van der Waals surface area contributed by atoms with E-state index in [1.54, 1.807) is 40.1 Å². The van der Waals surface area contributed by atoms with Crippen molar-refractivity contribution in [1.82, 2.24) is 20.5 Å². The number of carbonyl (C=O) groups excluding carboxylic acids is 2. The molecule has 3 saturated heterocycles. The number of hydrogen-bond donors (Lipinski definition) is 7. The van der Waals surface area contributed by atoms with Crippen molar-refractivity contribution in [3.63, 3.8) is 0 Å². The second kappa shape index (κ2) is 22.0. The minimum atomic E-state index is -2.04. The van der Waals surface area contributed by atoms with Gasteiger partial charge in [0.2, 0.25) is 5.91 Å². The van der Waals surface area contributed by atoms with Crippen LogP contribution in [0.15, 0.2) is 24.5 Å². The first-order valence-corrected chi connectivity index (χ1v) is 21.9. The van der Waals surface area contributed by atoms with Crippen LogP contribution in [0.5, 0.6) is 0 Å². The minimum absolute atomic E-state index is 0.0698. The van der Waals surface area contributed by atoms with E-state index < -0.39 is 108 Å². The van der Waals surface area contributed by atoms with E-state index in [0.717, 1.165) is 5.56 Å². The van der Waals surface area contributed by atoms with E-state index in [1.807, 2.05) is 51.9 Å². The lowest BCUT2D eigenvalue weighted by atomic mass is 9.78. The molecular formula is C44H76N4O13. The number of aliphatic hydroxyl groups excluding tert-OH is 4. The highest BCUT2D eigenvalue weighted by atomic mass is 16.7. The normalized spacial score (nSPS) is 42.9. The molecule has 350 valence electrons. The van der Waals surface area contributed by atoms with E-state index in [4.69, 9.17) is 28.4 Å². The van der Waals surface area contributed by atoms with Gasteiger partial charge in [0.05, 0.1) is 66.8 Å². The lowest BCUT2D eigenvalue weighted by Gasteiger charge is -2.49. The number of hydrogen-bond acceptors (Lipinski definition) is 16. The highest BCUT2D eigenvalue weighted by molar-refractivity contribution is 5.79. The second-order valence-corrected chi connectivity index (χ2v) is 18.8. The molecule has 17 nitrogen and oxygen atoms in total. The molecule has 1 aromatic heterocycles. The van der Waals surface area contributed by atoms with Crippen LogP contribution in [0.25, 0.3) is 0 Å². The summed E-state index contributed by atoms with van der Waals surface area (Å²) in [6.45, 7) is 17.2. The number of amides is 1. The summed E-state index contributed by atoms with van der Waals surface area (Å²) in [5.41, 5.74) is -2.52. The zero-order valence-electron chi connectivity index (χ0n) is 38.3. The zero-order chi connectivity index (χ0) is 45.6. The second-order valence-electron chi connectivity index (χ2n) is 18.8. The van der Waals surface area contributed by atoms with E-state index in [9.17, 15) is 35.1 Å². The maximum atomic E-state index is 14.3. The first kappa shape index (κ1) is 51.2. The number of carbonyl (C=O) groups is 2. The molecule has 0 saturated carbocycles. The third kappa shape index (κ3) is 13.1. The Morgan fingerprint density at radius 3 is 2.30 bits per heavy atom. The van der Waals surface area contributed by atoms with Crippen molar-refractivity contribution >= 4 is 11.9 Å². The van der Waals surface area contributed by atoms with E-state index in [2.05, 4.69) is 15.6 Å². The molecule has 0 aromatic carbocycles. The molecule has 4 heterocycles.